The zero-order valence-electron chi connectivity index (χ0n) is 10.8. The third-order valence-corrected chi connectivity index (χ3v) is 2.94. The van der Waals surface area contributed by atoms with E-state index in [9.17, 15) is 13.6 Å². The number of anilines is 1. The number of hydrogen-bond donors (Lipinski definition) is 1. The van der Waals surface area contributed by atoms with Crippen LogP contribution in [0.2, 0.25) is 0 Å². The number of amides is 1. The first-order valence-corrected chi connectivity index (χ1v) is 5.97. The minimum Gasteiger partial charge on any atom is -0.508 e. The van der Waals surface area contributed by atoms with Gasteiger partial charge in [0.2, 0.25) is 5.91 Å². The van der Waals surface area contributed by atoms with E-state index < -0.39 is 5.82 Å². The molecule has 0 unspecified atom stereocenters. The Morgan fingerprint density at radius 2 is 1.80 bits per heavy atom. The van der Waals surface area contributed by atoms with Crippen molar-refractivity contribution in [1.82, 2.24) is 0 Å². The quantitative estimate of drug-likeness (QED) is 0.937. The lowest BCUT2D eigenvalue weighted by molar-refractivity contribution is -0.117. The Bertz CT molecular complexity index is 626. The molecule has 1 amide bonds. The van der Waals surface area contributed by atoms with Crippen molar-refractivity contribution in [2.45, 2.75) is 6.42 Å². The maximum Gasteiger partial charge on any atom is 0.231 e. The Kier molecular flexibility index (Phi) is 3.98. The van der Waals surface area contributed by atoms with Crippen molar-refractivity contribution < 1.29 is 18.7 Å². The fourth-order valence-corrected chi connectivity index (χ4v) is 1.80. The number of carbonyl (C=O) groups is 1. The van der Waals surface area contributed by atoms with Crippen LogP contribution < -0.4 is 4.90 Å². The van der Waals surface area contributed by atoms with Gasteiger partial charge in [-0.15, -0.1) is 0 Å². The normalized spacial score (nSPS) is 10.3. The Balaban J connectivity index is 2.14. The van der Waals surface area contributed by atoms with Gasteiger partial charge >= 0.3 is 0 Å². The highest BCUT2D eigenvalue weighted by atomic mass is 19.1. The molecule has 5 heteroatoms. The molecule has 0 aliphatic heterocycles. The maximum absolute atomic E-state index is 13.6. The van der Waals surface area contributed by atoms with E-state index in [2.05, 4.69) is 0 Å². The van der Waals surface area contributed by atoms with Crippen LogP contribution in [0.5, 0.6) is 5.75 Å². The lowest BCUT2D eigenvalue weighted by Gasteiger charge is -2.18. The molecule has 0 atom stereocenters. The Morgan fingerprint density at radius 3 is 2.40 bits per heavy atom. The number of halogens is 2. The Morgan fingerprint density at radius 1 is 1.15 bits per heavy atom. The number of hydrogen-bond acceptors (Lipinski definition) is 2. The molecule has 0 aliphatic carbocycles. The van der Waals surface area contributed by atoms with Crippen molar-refractivity contribution in [2.75, 3.05) is 11.9 Å². The van der Waals surface area contributed by atoms with Gasteiger partial charge in [-0.05, 0) is 29.8 Å². The molecule has 0 radical (unpaired) electrons. The number of aromatic hydroxyl groups is 1. The van der Waals surface area contributed by atoms with Crippen molar-refractivity contribution in [3.05, 3.63) is 59.7 Å². The second-order valence-electron chi connectivity index (χ2n) is 4.39. The third kappa shape index (κ3) is 3.12. The summed E-state index contributed by atoms with van der Waals surface area (Å²) in [6.07, 6.45) is 0.0388. The number of phenolic OH excluding ortho intramolecular Hbond substituents is 1. The molecule has 0 aliphatic rings. The summed E-state index contributed by atoms with van der Waals surface area (Å²) >= 11 is 0. The topological polar surface area (TPSA) is 40.5 Å². The molecule has 0 saturated heterocycles. The van der Waals surface area contributed by atoms with Crippen LogP contribution >= 0.6 is 0 Å². The molecular weight excluding hydrogens is 264 g/mol. The first-order chi connectivity index (χ1) is 9.47. The molecule has 1 N–H and O–H groups in total. The molecule has 2 aromatic rings. The monoisotopic (exact) mass is 277 g/mol. The second kappa shape index (κ2) is 5.69. The molecule has 0 aromatic heterocycles. The van der Waals surface area contributed by atoms with Gasteiger partial charge in [-0.2, -0.15) is 0 Å². The van der Waals surface area contributed by atoms with Gasteiger partial charge < -0.3 is 10.0 Å². The molecule has 0 saturated carbocycles. The number of carbonyl (C=O) groups excluding carboxylic acids is 1. The van der Waals surface area contributed by atoms with Gasteiger partial charge in [0.15, 0.2) is 5.82 Å². The molecule has 20 heavy (non-hydrogen) atoms. The summed E-state index contributed by atoms with van der Waals surface area (Å²) < 4.78 is 26.4. The standard InChI is InChI=1S/C15H13F2NO2/c1-18(14-7-6-12(19)9-13(14)17)15(20)8-10-2-4-11(16)5-3-10/h2-7,9,19H,8H2,1H3. The summed E-state index contributed by atoms with van der Waals surface area (Å²) in [4.78, 5) is 13.2. The zero-order valence-corrected chi connectivity index (χ0v) is 10.8. The van der Waals surface area contributed by atoms with Gasteiger partial charge in [0.05, 0.1) is 12.1 Å². The van der Waals surface area contributed by atoms with Crippen LogP contribution in [0.1, 0.15) is 5.56 Å². The predicted molar refractivity (Wildman–Crippen MR) is 71.6 cm³/mol. The molecule has 3 nitrogen and oxygen atoms in total. The van der Waals surface area contributed by atoms with Gasteiger partial charge in [0.25, 0.3) is 0 Å². The first kappa shape index (κ1) is 14.0. The van der Waals surface area contributed by atoms with Crippen molar-refractivity contribution >= 4 is 11.6 Å². The molecule has 0 fully saturated rings. The van der Waals surface area contributed by atoms with Crippen LogP contribution in [0.25, 0.3) is 0 Å². The lowest BCUT2D eigenvalue weighted by Crippen LogP contribution is -2.28. The van der Waals surface area contributed by atoms with Gasteiger partial charge in [0.1, 0.15) is 11.6 Å². The maximum atomic E-state index is 13.6. The SMILES string of the molecule is CN(C(=O)Cc1ccc(F)cc1)c1ccc(O)cc1F. The fraction of sp³-hybridized carbons (Fsp3) is 0.133. The molecule has 104 valence electrons. The largest absolute Gasteiger partial charge is 0.508 e. The average Bonchev–Trinajstić information content (AvgIpc) is 2.40. The average molecular weight is 277 g/mol. The lowest BCUT2D eigenvalue weighted by atomic mass is 10.1. The smallest absolute Gasteiger partial charge is 0.231 e. The number of phenols is 1. The summed E-state index contributed by atoms with van der Waals surface area (Å²) in [5.41, 5.74) is 0.720. The van der Waals surface area contributed by atoms with Crippen LogP contribution in [0, 0.1) is 11.6 Å². The third-order valence-electron chi connectivity index (χ3n) is 2.94. The molecule has 0 spiro atoms. The van der Waals surface area contributed by atoms with E-state index in [0.717, 1.165) is 11.0 Å². The van der Waals surface area contributed by atoms with E-state index in [1.54, 1.807) is 0 Å². The molecule has 2 rings (SSSR count). The van der Waals surface area contributed by atoms with Crippen molar-refractivity contribution in [2.24, 2.45) is 0 Å². The highest BCUT2D eigenvalue weighted by Crippen LogP contribution is 2.23. The van der Waals surface area contributed by atoms with Crippen LogP contribution in [0.3, 0.4) is 0 Å². The highest BCUT2D eigenvalue weighted by Gasteiger charge is 2.15. The van der Waals surface area contributed by atoms with E-state index in [1.807, 2.05) is 0 Å². The number of rotatable bonds is 3. The molecule has 2 aromatic carbocycles. The van der Waals surface area contributed by atoms with Crippen molar-refractivity contribution in [1.29, 1.82) is 0 Å². The predicted octanol–water partition coefficient (Wildman–Crippen LogP) is 2.88. The molecule has 0 bridgehead atoms. The highest BCUT2D eigenvalue weighted by molar-refractivity contribution is 5.94. The fourth-order valence-electron chi connectivity index (χ4n) is 1.80. The van der Waals surface area contributed by atoms with E-state index >= 15 is 0 Å². The minimum absolute atomic E-state index is 0.0388. The van der Waals surface area contributed by atoms with E-state index in [4.69, 9.17) is 5.11 Å². The van der Waals surface area contributed by atoms with E-state index in [1.165, 1.54) is 43.4 Å². The molecular formula is C15H13F2NO2. The van der Waals surface area contributed by atoms with Crippen LogP contribution in [0.15, 0.2) is 42.5 Å². The van der Waals surface area contributed by atoms with E-state index in [0.29, 0.717) is 5.56 Å². The minimum atomic E-state index is -0.681. The molecule has 0 heterocycles. The number of benzene rings is 2. The second-order valence-corrected chi connectivity index (χ2v) is 4.39. The summed E-state index contributed by atoms with van der Waals surface area (Å²) in [6, 6.07) is 9.13. The van der Waals surface area contributed by atoms with Crippen molar-refractivity contribution in [3.8, 4) is 5.75 Å². The number of nitrogens with zero attached hydrogens (tertiary/aromatic N) is 1. The van der Waals surface area contributed by atoms with Gasteiger partial charge in [-0.25, -0.2) is 8.78 Å². The summed E-state index contributed by atoms with van der Waals surface area (Å²) in [6.45, 7) is 0. The van der Waals surface area contributed by atoms with Crippen LogP contribution in [-0.2, 0) is 11.2 Å². The summed E-state index contributed by atoms with van der Waals surface area (Å²) in [5.74, 6) is -1.59. The van der Waals surface area contributed by atoms with Crippen LogP contribution in [0.4, 0.5) is 14.5 Å². The van der Waals surface area contributed by atoms with Gasteiger partial charge in [0, 0.05) is 13.1 Å². The Labute approximate surface area is 115 Å². The Hall–Kier alpha value is -2.43. The number of likely N-dealkylation sites (N-methyl/N-ethyl adjacent to an activating group) is 1. The van der Waals surface area contributed by atoms with Crippen LogP contribution in [-0.4, -0.2) is 18.1 Å². The van der Waals surface area contributed by atoms with Gasteiger partial charge in [-0.1, -0.05) is 12.1 Å². The van der Waals surface area contributed by atoms with E-state index in [-0.39, 0.29) is 29.6 Å². The first-order valence-electron chi connectivity index (χ1n) is 5.97. The summed E-state index contributed by atoms with van der Waals surface area (Å²) in [5, 5.41) is 9.14. The summed E-state index contributed by atoms with van der Waals surface area (Å²) in [7, 11) is 1.45. The zero-order chi connectivity index (χ0) is 14.7. The van der Waals surface area contributed by atoms with Gasteiger partial charge in [-0.3, -0.25) is 4.79 Å². The van der Waals surface area contributed by atoms with Crippen molar-refractivity contribution in [3.63, 3.8) is 0 Å².